The molecule has 1 amide bonds. The number of hydrogen-bond donors (Lipinski definition) is 1. The van der Waals surface area contributed by atoms with E-state index in [4.69, 9.17) is 16.9 Å². The normalized spacial score (nSPS) is 9.90. The lowest BCUT2D eigenvalue weighted by Crippen LogP contribution is -2.13. The first kappa shape index (κ1) is 15.2. The molecular formula is C15H11ClN2O2S. The van der Waals surface area contributed by atoms with E-state index in [1.54, 1.807) is 18.2 Å². The molecule has 106 valence electrons. The van der Waals surface area contributed by atoms with Crippen LogP contribution in [0.25, 0.3) is 0 Å². The number of Topliss-reactive ketones (excluding diaryl/α,β-unsaturated/α-hetero) is 1. The van der Waals surface area contributed by atoms with Crippen molar-refractivity contribution in [3.8, 4) is 6.07 Å². The van der Waals surface area contributed by atoms with Crippen LogP contribution in [0.5, 0.6) is 0 Å². The summed E-state index contributed by atoms with van der Waals surface area (Å²) in [6.07, 6.45) is 0.269. The average molecular weight is 319 g/mol. The standard InChI is InChI=1S/C15H11ClN2O2S/c16-12-8-11(4-3-10(12)9-17)18-15(20)6-5-13(19)14-2-1-7-21-14/h1-4,7-8H,5-6H2,(H,18,20). The molecule has 2 aromatic rings. The molecule has 0 fully saturated rings. The lowest BCUT2D eigenvalue weighted by atomic mass is 10.1. The summed E-state index contributed by atoms with van der Waals surface area (Å²) in [6.45, 7) is 0. The molecule has 1 aromatic carbocycles. The molecule has 0 saturated heterocycles. The Morgan fingerprint density at radius 3 is 2.71 bits per heavy atom. The summed E-state index contributed by atoms with van der Waals surface area (Å²) >= 11 is 7.24. The van der Waals surface area contributed by atoms with Gasteiger partial charge in [-0.25, -0.2) is 0 Å². The highest BCUT2D eigenvalue weighted by Gasteiger charge is 2.11. The Bertz CT molecular complexity index is 705. The van der Waals surface area contributed by atoms with Crippen molar-refractivity contribution in [3.63, 3.8) is 0 Å². The lowest BCUT2D eigenvalue weighted by Gasteiger charge is -2.05. The molecule has 1 aromatic heterocycles. The van der Waals surface area contributed by atoms with E-state index < -0.39 is 0 Å². The van der Waals surface area contributed by atoms with E-state index in [-0.39, 0.29) is 29.6 Å². The van der Waals surface area contributed by atoms with Crippen LogP contribution >= 0.6 is 22.9 Å². The Morgan fingerprint density at radius 2 is 2.10 bits per heavy atom. The average Bonchev–Trinajstić information content (AvgIpc) is 2.99. The van der Waals surface area contributed by atoms with Crippen molar-refractivity contribution >= 4 is 40.3 Å². The number of amides is 1. The van der Waals surface area contributed by atoms with Crippen LogP contribution in [0.4, 0.5) is 5.69 Å². The van der Waals surface area contributed by atoms with Crippen LogP contribution in [0, 0.1) is 11.3 Å². The third-order valence-electron chi connectivity index (χ3n) is 2.75. The highest BCUT2D eigenvalue weighted by Crippen LogP contribution is 2.20. The number of carbonyl (C=O) groups excluding carboxylic acids is 2. The summed E-state index contributed by atoms with van der Waals surface area (Å²) in [7, 11) is 0. The number of halogens is 1. The quantitative estimate of drug-likeness (QED) is 0.851. The molecule has 0 unspecified atom stereocenters. The van der Waals surface area contributed by atoms with E-state index in [1.165, 1.54) is 23.5 Å². The number of nitriles is 1. The van der Waals surface area contributed by atoms with Crippen LogP contribution in [-0.2, 0) is 4.79 Å². The minimum atomic E-state index is -0.263. The Morgan fingerprint density at radius 1 is 1.29 bits per heavy atom. The fourth-order valence-electron chi connectivity index (χ4n) is 1.69. The molecule has 0 bridgehead atoms. The van der Waals surface area contributed by atoms with Gasteiger partial charge in [-0.05, 0) is 29.6 Å². The van der Waals surface area contributed by atoms with E-state index in [9.17, 15) is 9.59 Å². The second kappa shape index (κ2) is 7.02. The van der Waals surface area contributed by atoms with Gasteiger partial charge in [-0.2, -0.15) is 5.26 Å². The highest BCUT2D eigenvalue weighted by molar-refractivity contribution is 7.12. The second-order valence-corrected chi connectivity index (χ2v) is 5.61. The van der Waals surface area contributed by atoms with Crippen molar-refractivity contribution in [3.05, 3.63) is 51.2 Å². The van der Waals surface area contributed by atoms with E-state index in [2.05, 4.69) is 5.32 Å². The summed E-state index contributed by atoms with van der Waals surface area (Å²) in [4.78, 5) is 24.2. The third-order valence-corrected chi connectivity index (χ3v) is 3.97. The fourth-order valence-corrected chi connectivity index (χ4v) is 2.61. The van der Waals surface area contributed by atoms with Gasteiger partial charge in [0.2, 0.25) is 5.91 Å². The van der Waals surface area contributed by atoms with Crippen molar-refractivity contribution in [1.29, 1.82) is 5.26 Å². The van der Waals surface area contributed by atoms with Crippen molar-refractivity contribution in [2.24, 2.45) is 0 Å². The summed E-state index contributed by atoms with van der Waals surface area (Å²) in [5.74, 6) is -0.307. The van der Waals surface area contributed by atoms with Gasteiger partial charge >= 0.3 is 0 Å². The predicted molar refractivity (Wildman–Crippen MR) is 82.7 cm³/mol. The number of nitrogens with one attached hydrogen (secondary N) is 1. The minimum absolute atomic E-state index is 0.0435. The molecule has 0 radical (unpaired) electrons. The lowest BCUT2D eigenvalue weighted by molar-refractivity contribution is -0.116. The molecular weight excluding hydrogens is 308 g/mol. The molecule has 0 saturated carbocycles. The number of rotatable bonds is 5. The number of ketones is 1. The Kier molecular flexibility index (Phi) is 5.09. The third kappa shape index (κ3) is 4.15. The van der Waals surface area contributed by atoms with E-state index in [0.717, 1.165) is 0 Å². The predicted octanol–water partition coefficient (Wildman–Crippen LogP) is 3.87. The minimum Gasteiger partial charge on any atom is -0.326 e. The van der Waals surface area contributed by atoms with Crippen LogP contribution in [0.2, 0.25) is 5.02 Å². The molecule has 1 heterocycles. The largest absolute Gasteiger partial charge is 0.326 e. The van der Waals surface area contributed by atoms with E-state index in [0.29, 0.717) is 16.1 Å². The zero-order valence-electron chi connectivity index (χ0n) is 10.9. The molecule has 1 N–H and O–H groups in total. The molecule has 4 nitrogen and oxygen atoms in total. The van der Waals surface area contributed by atoms with Gasteiger partial charge in [0.1, 0.15) is 6.07 Å². The van der Waals surface area contributed by atoms with Crippen LogP contribution in [0.3, 0.4) is 0 Å². The maximum atomic E-state index is 11.8. The van der Waals surface area contributed by atoms with Gasteiger partial charge in [0.15, 0.2) is 5.78 Å². The first-order valence-electron chi connectivity index (χ1n) is 6.16. The SMILES string of the molecule is N#Cc1ccc(NC(=O)CCC(=O)c2cccs2)cc1Cl. The zero-order chi connectivity index (χ0) is 15.2. The van der Waals surface area contributed by atoms with Crippen LogP contribution in [0.15, 0.2) is 35.7 Å². The van der Waals surface area contributed by atoms with Crippen molar-refractivity contribution in [2.75, 3.05) is 5.32 Å². The van der Waals surface area contributed by atoms with Crippen LogP contribution < -0.4 is 5.32 Å². The molecule has 0 spiro atoms. The summed E-state index contributed by atoms with van der Waals surface area (Å²) in [5.41, 5.74) is 0.857. The molecule has 0 atom stereocenters. The van der Waals surface area contributed by atoms with Gasteiger partial charge in [0.05, 0.1) is 15.5 Å². The van der Waals surface area contributed by atoms with E-state index in [1.807, 2.05) is 11.4 Å². The van der Waals surface area contributed by atoms with Crippen molar-refractivity contribution < 1.29 is 9.59 Å². The molecule has 0 aliphatic carbocycles. The number of thiophene rings is 1. The first-order valence-corrected chi connectivity index (χ1v) is 7.42. The first-order chi connectivity index (χ1) is 10.1. The van der Waals surface area contributed by atoms with Crippen molar-refractivity contribution in [2.45, 2.75) is 12.8 Å². The smallest absolute Gasteiger partial charge is 0.224 e. The second-order valence-electron chi connectivity index (χ2n) is 4.26. The van der Waals surface area contributed by atoms with Gasteiger partial charge < -0.3 is 5.32 Å². The van der Waals surface area contributed by atoms with Gasteiger partial charge in [0, 0.05) is 18.5 Å². The van der Waals surface area contributed by atoms with Gasteiger partial charge in [-0.1, -0.05) is 17.7 Å². The van der Waals surface area contributed by atoms with Gasteiger partial charge in [-0.15, -0.1) is 11.3 Å². The van der Waals surface area contributed by atoms with Crippen LogP contribution in [-0.4, -0.2) is 11.7 Å². The molecule has 0 aliphatic rings. The molecule has 0 aliphatic heterocycles. The fraction of sp³-hybridized carbons (Fsp3) is 0.133. The maximum absolute atomic E-state index is 11.8. The zero-order valence-corrected chi connectivity index (χ0v) is 12.5. The monoisotopic (exact) mass is 318 g/mol. The topological polar surface area (TPSA) is 70.0 Å². The number of anilines is 1. The van der Waals surface area contributed by atoms with Crippen molar-refractivity contribution in [1.82, 2.24) is 0 Å². The van der Waals surface area contributed by atoms with Crippen LogP contribution in [0.1, 0.15) is 28.1 Å². The van der Waals surface area contributed by atoms with Gasteiger partial charge in [0.25, 0.3) is 0 Å². The summed E-state index contributed by atoms with van der Waals surface area (Å²) in [6, 6.07) is 10.1. The number of carbonyl (C=O) groups is 2. The summed E-state index contributed by atoms with van der Waals surface area (Å²) < 4.78 is 0. The highest BCUT2D eigenvalue weighted by atomic mass is 35.5. The Balaban J connectivity index is 1.89. The number of nitrogens with zero attached hydrogens (tertiary/aromatic N) is 1. The maximum Gasteiger partial charge on any atom is 0.224 e. The van der Waals surface area contributed by atoms with Gasteiger partial charge in [-0.3, -0.25) is 9.59 Å². The Hall–Kier alpha value is -2.16. The molecule has 6 heteroatoms. The summed E-state index contributed by atoms with van der Waals surface area (Å²) in [5, 5.41) is 13.5. The Labute approximate surface area is 131 Å². The number of hydrogen-bond acceptors (Lipinski definition) is 4. The van der Waals surface area contributed by atoms with E-state index >= 15 is 0 Å². The molecule has 21 heavy (non-hydrogen) atoms. The molecule has 2 rings (SSSR count). The number of benzene rings is 1.